The summed E-state index contributed by atoms with van der Waals surface area (Å²) in [7, 11) is 0. The van der Waals surface area contributed by atoms with E-state index >= 15 is 0 Å². The Hall–Kier alpha value is -2.63. The minimum atomic E-state index is -0.892. The van der Waals surface area contributed by atoms with Crippen molar-refractivity contribution in [2.45, 2.75) is 32.1 Å². The Morgan fingerprint density at radius 1 is 1.12 bits per heavy atom. The highest BCUT2D eigenvalue weighted by atomic mass is 16.6. The third-order valence-electron chi connectivity index (χ3n) is 5.43. The van der Waals surface area contributed by atoms with Crippen molar-refractivity contribution in [3.63, 3.8) is 0 Å². The van der Waals surface area contributed by atoms with Crippen LogP contribution in [0.2, 0.25) is 0 Å². The first kappa shape index (κ1) is 16.8. The van der Waals surface area contributed by atoms with E-state index < -0.39 is 5.41 Å². The zero-order valence-corrected chi connectivity index (χ0v) is 14.5. The van der Waals surface area contributed by atoms with E-state index in [1.807, 2.05) is 0 Å². The Balaban J connectivity index is 1.60. The molecular formula is C20H21NO5. The molecule has 0 aromatic heterocycles. The fourth-order valence-electron chi connectivity index (χ4n) is 4.30. The molecule has 2 bridgehead atoms. The summed E-state index contributed by atoms with van der Waals surface area (Å²) in [6, 6.07) is 5.23. The molecule has 2 unspecified atom stereocenters. The summed E-state index contributed by atoms with van der Waals surface area (Å²) in [6.45, 7) is 4.82. The summed E-state index contributed by atoms with van der Waals surface area (Å²) in [5, 5.41) is 2.91. The number of rotatable bonds is 2. The number of Topliss-reactive ketones (excluding diaryl/α,β-unsaturated/α-hetero) is 2. The van der Waals surface area contributed by atoms with Crippen molar-refractivity contribution in [1.82, 2.24) is 0 Å². The van der Waals surface area contributed by atoms with Crippen molar-refractivity contribution in [2.75, 3.05) is 18.5 Å². The first-order valence-corrected chi connectivity index (χ1v) is 8.89. The second-order valence-electron chi connectivity index (χ2n) is 7.49. The van der Waals surface area contributed by atoms with Crippen LogP contribution in [0.4, 0.5) is 5.69 Å². The zero-order valence-electron chi connectivity index (χ0n) is 14.5. The maximum atomic E-state index is 13.1. The van der Waals surface area contributed by atoms with E-state index in [9.17, 15) is 14.4 Å². The van der Waals surface area contributed by atoms with Crippen LogP contribution in [-0.4, -0.2) is 30.7 Å². The molecule has 1 N–H and O–H groups in total. The van der Waals surface area contributed by atoms with E-state index in [2.05, 4.69) is 11.9 Å². The molecular weight excluding hydrogens is 334 g/mol. The lowest BCUT2D eigenvalue weighted by atomic mass is 9.67. The monoisotopic (exact) mass is 355 g/mol. The van der Waals surface area contributed by atoms with Crippen LogP contribution < -0.4 is 14.8 Å². The quantitative estimate of drug-likeness (QED) is 0.825. The standard InChI is InChI=1S/C20H21NO5/c1-12-9-20(10-13(7-16(12)23)6-15(22)11-20)19(24)21-14-2-3-17-18(8-14)26-5-4-25-17/h2-3,8,13H,1,4-7,9-11H2,(H,21,24). The van der Waals surface area contributed by atoms with E-state index in [1.54, 1.807) is 18.2 Å². The van der Waals surface area contributed by atoms with Gasteiger partial charge < -0.3 is 14.8 Å². The molecule has 0 spiro atoms. The Morgan fingerprint density at radius 3 is 2.69 bits per heavy atom. The van der Waals surface area contributed by atoms with Crippen LogP contribution >= 0.6 is 0 Å². The first-order valence-electron chi connectivity index (χ1n) is 8.89. The Kier molecular flexibility index (Phi) is 4.05. The lowest BCUT2D eigenvalue weighted by Crippen LogP contribution is -2.42. The maximum absolute atomic E-state index is 13.1. The van der Waals surface area contributed by atoms with Gasteiger partial charge in [-0.2, -0.15) is 0 Å². The first-order chi connectivity index (χ1) is 12.4. The highest BCUT2D eigenvalue weighted by Crippen LogP contribution is 2.47. The van der Waals surface area contributed by atoms with Crippen LogP contribution in [0.15, 0.2) is 30.4 Å². The molecule has 136 valence electrons. The third-order valence-corrected chi connectivity index (χ3v) is 5.43. The van der Waals surface area contributed by atoms with Gasteiger partial charge in [-0.3, -0.25) is 14.4 Å². The maximum Gasteiger partial charge on any atom is 0.231 e. The number of hydrogen-bond acceptors (Lipinski definition) is 5. The van der Waals surface area contributed by atoms with Gasteiger partial charge in [-0.25, -0.2) is 0 Å². The normalized spacial score (nSPS) is 27.7. The van der Waals surface area contributed by atoms with Gasteiger partial charge in [-0.05, 0) is 36.5 Å². The van der Waals surface area contributed by atoms with Gasteiger partial charge in [0.2, 0.25) is 5.91 Å². The second kappa shape index (κ2) is 6.27. The molecule has 2 saturated carbocycles. The van der Waals surface area contributed by atoms with Gasteiger partial charge in [0, 0.05) is 31.0 Å². The van der Waals surface area contributed by atoms with Gasteiger partial charge in [0.15, 0.2) is 17.3 Å². The van der Waals surface area contributed by atoms with E-state index in [0.29, 0.717) is 55.2 Å². The molecule has 6 heteroatoms. The van der Waals surface area contributed by atoms with Crippen molar-refractivity contribution in [2.24, 2.45) is 11.3 Å². The van der Waals surface area contributed by atoms with Crippen molar-refractivity contribution in [3.8, 4) is 11.5 Å². The predicted molar refractivity (Wildman–Crippen MR) is 94.2 cm³/mol. The summed E-state index contributed by atoms with van der Waals surface area (Å²) < 4.78 is 11.0. The van der Waals surface area contributed by atoms with Crippen LogP contribution in [0.3, 0.4) is 0 Å². The van der Waals surface area contributed by atoms with Gasteiger partial charge in [0.05, 0.1) is 5.41 Å². The molecule has 1 aromatic carbocycles. The number of anilines is 1. The molecule has 1 aliphatic heterocycles. The number of amides is 1. The molecule has 26 heavy (non-hydrogen) atoms. The molecule has 1 aromatic rings. The summed E-state index contributed by atoms with van der Waals surface area (Å²) in [6.07, 6.45) is 1.62. The number of ether oxygens (including phenoxy) is 2. The molecule has 2 atom stereocenters. The van der Waals surface area contributed by atoms with Gasteiger partial charge in [-0.15, -0.1) is 0 Å². The summed E-state index contributed by atoms with van der Waals surface area (Å²) >= 11 is 0. The minimum absolute atomic E-state index is 0.0290. The average Bonchev–Trinajstić information content (AvgIpc) is 2.69. The molecule has 3 aliphatic rings. The fourth-order valence-corrected chi connectivity index (χ4v) is 4.30. The minimum Gasteiger partial charge on any atom is -0.486 e. The van der Waals surface area contributed by atoms with Crippen LogP contribution in [0.5, 0.6) is 11.5 Å². The van der Waals surface area contributed by atoms with Crippen LogP contribution in [0.25, 0.3) is 0 Å². The number of nitrogens with one attached hydrogen (secondary N) is 1. The van der Waals surface area contributed by atoms with E-state index in [1.165, 1.54) is 0 Å². The SMILES string of the molecule is C=C1CC2(C(=O)Nc3ccc4c(c3)OCCO4)CC(=O)CC(CC1=O)C2. The summed E-state index contributed by atoms with van der Waals surface area (Å²) in [5.41, 5.74) is 0.139. The van der Waals surface area contributed by atoms with Crippen molar-refractivity contribution < 1.29 is 23.9 Å². The molecule has 6 nitrogen and oxygen atoms in total. The number of carbonyl (C=O) groups excluding carboxylic acids is 3. The Bertz CT molecular complexity index is 814. The molecule has 1 amide bonds. The van der Waals surface area contributed by atoms with Crippen molar-refractivity contribution >= 4 is 23.2 Å². The number of carbonyl (C=O) groups is 3. The summed E-state index contributed by atoms with van der Waals surface area (Å²) in [4.78, 5) is 37.5. The fraction of sp³-hybridized carbons (Fsp3) is 0.450. The zero-order chi connectivity index (χ0) is 18.3. The lowest BCUT2D eigenvalue weighted by Gasteiger charge is -2.36. The molecule has 2 fully saturated rings. The Labute approximate surface area is 151 Å². The van der Waals surface area contributed by atoms with E-state index in [0.717, 1.165) is 0 Å². The third kappa shape index (κ3) is 3.00. The van der Waals surface area contributed by atoms with Crippen LogP contribution in [0, 0.1) is 11.3 Å². The second-order valence-corrected chi connectivity index (χ2v) is 7.49. The van der Waals surface area contributed by atoms with Crippen LogP contribution in [-0.2, 0) is 14.4 Å². The van der Waals surface area contributed by atoms with E-state index in [4.69, 9.17) is 9.47 Å². The molecule has 4 rings (SSSR count). The number of hydrogen-bond donors (Lipinski definition) is 1. The van der Waals surface area contributed by atoms with E-state index in [-0.39, 0.29) is 36.2 Å². The topological polar surface area (TPSA) is 81.7 Å². The number of fused-ring (bicyclic) bond motifs is 3. The van der Waals surface area contributed by atoms with Crippen molar-refractivity contribution in [1.29, 1.82) is 0 Å². The number of allylic oxidation sites excluding steroid dienone is 1. The largest absolute Gasteiger partial charge is 0.486 e. The number of ketones is 2. The predicted octanol–water partition coefficient (Wildman–Crippen LogP) is 2.67. The van der Waals surface area contributed by atoms with Gasteiger partial charge >= 0.3 is 0 Å². The highest BCUT2D eigenvalue weighted by Gasteiger charge is 2.49. The van der Waals surface area contributed by atoms with Gasteiger partial charge in [0.25, 0.3) is 0 Å². The smallest absolute Gasteiger partial charge is 0.231 e. The van der Waals surface area contributed by atoms with Crippen molar-refractivity contribution in [3.05, 3.63) is 30.4 Å². The Morgan fingerprint density at radius 2 is 1.88 bits per heavy atom. The van der Waals surface area contributed by atoms with Gasteiger partial charge in [-0.1, -0.05) is 6.58 Å². The highest BCUT2D eigenvalue weighted by molar-refractivity contribution is 6.03. The average molecular weight is 355 g/mol. The molecule has 1 heterocycles. The van der Waals surface area contributed by atoms with Gasteiger partial charge in [0.1, 0.15) is 19.0 Å². The molecule has 2 aliphatic carbocycles. The van der Waals surface area contributed by atoms with Crippen LogP contribution in [0.1, 0.15) is 32.1 Å². The summed E-state index contributed by atoms with van der Waals surface area (Å²) in [5.74, 6) is 0.940. The number of benzene rings is 1. The molecule has 0 radical (unpaired) electrons. The molecule has 0 saturated heterocycles. The lowest BCUT2D eigenvalue weighted by molar-refractivity contribution is -0.136.